The summed E-state index contributed by atoms with van der Waals surface area (Å²) in [5, 5.41) is 0. The van der Waals surface area contributed by atoms with E-state index in [1.807, 2.05) is 54.6 Å². The average Bonchev–Trinajstić information content (AvgIpc) is 3.03. The van der Waals surface area contributed by atoms with Gasteiger partial charge in [0.15, 0.2) is 0 Å². The van der Waals surface area contributed by atoms with Crippen LogP contribution in [0.3, 0.4) is 0 Å². The molecule has 0 fully saturated rings. The minimum absolute atomic E-state index is 0.0396. The van der Waals surface area contributed by atoms with Crippen LogP contribution in [-0.2, 0) is 6.42 Å². The number of hydrazine groups is 1. The molecule has 6 heteroatoms. The van der Waals surface area contributed by atoms with Crippen LogP contribution in [-0.4, -0.2) is 28.2 Å². The van der Waals surface area contributed by atoms with Crippen LogP contribution in [0.5, 0.6) is 0 Å². The largest absolute Gasteiger partial charge is 0.317 e. The van der Waals surface area contributed by atoms with Crippen LogP contribution < -0.4 is 10.9 Å². The lowest BCUT2D eigenvalue weighted by molar-refractivity contribution is 0.0659. The number of hydrogen-bond donors (Lipinski definition) is 2. The van der Waals surface area contributed by atoms with E-state index in [9.17, 15) is 9.59 Å². The number of nitrogens with one attached hydrogen (secondary N) is 2. The molecule has 1 aromatic heterocycles. The van der Waals surface area contributed by atoms with Gasteiger partial charge in [0.2, 0.25) is 0 Å². The van der Waals surface area contributed by atoms with Crippen LogP contribution in [0.15, 0.2) is 79.1 Å². The van der Waals surface area contributed by atoms with Crippen LogP contribution in [0.1, 0.15) is 38.0 Å². The summed E-state index contributed by atoms with van der Waals surface area (Å²) >= 11 is 0. The predicted octanol–water partition coefficient (Wildman–Crippen LogP) is 2.71. The van der Waals surface area contributed by atoms with Crippen molar-refractivity contribution in [3.63, 3.8) is 0 Å². The standard InChI is InChI=1S/C22H20N4O2/c27-21(17-10-13-23-14-11-17)25-24-20-18-8-4-5-9-19(18)22(28)26(20)15-12-16-6-2-1-3-7-16/h1-11,13-14,20,24H,12,15H2,(H,25,27)/t20-/m0/s1. The zero-order valence-electron chi connectivity index (χ0n) is 15.2. The normalized spacial score (nSPS) is 15.4. The van der Waals surface area contributed by atoms with E-state index >= 15 is 0 Å². The quantitative estimate of drug-likeness (QED) is 0.653. The molecule has 0 saturated heterocycles. The van der Waals surface area contributed by atoms with E-state index in [0.717, 1.165) is 17.5 Å². The summed E-state index contributed by atoms with van der Waals surface area (Å²) < 4.78 is 0. The number of benzene rings is 2. The van der Waals surface area contributed by atoms with Gasteiger partial charge < -0.3 is 4.90 Å². The third-order valence-corrected chi connectivity index (χ3v) is 4.81. The second-order valence-electron chi connectivity index (χ2n) is 6.56. The first-order chi connectivity index (χ1) is 13.7. The van der Waals surface area contributed by atoms with Crippen molar-refractivity contribution in [1.29, 1.82) is 0 Å². The molecule has 1 aliphatic heterocycles. The molecule has 1 aliphatic rings. The first kappa shape index (κ1) is 17.9. The van der Waals surface area contributed by atoms with Crippen LogP contribution in [0, 0.1) is 0 Å². The highest BCUT2D eigenvalue weighted by atomic mass is 16.2. The molecule has 6 nitrogen and oxygen atoms in total. The van der Waals surface area contributed by atoms with Gasteiger partial charge in [-0.2, -0.15) is 0 Å². The van der Waals surface area contributed by atoms with Gasteiger partial charge in [0.25, 0.3) is 11.8 Å². The van der Waals surface area contributed by atoms with Gasteiger partial charge >= 0.3 is 0 Å². The molecule has 0 saturated carbocycles. The third kappa shape index (κ3) is 3.63. The molecule has 3 aromatic rings. The summed E-state index contributed by atoms with van der Waals surface area (Å²) in [5.74, 6) is -0.315. The maximum absolute atomic E-state index is 12.9. The topological polar surface area (TPSA) is 74.3 Å². The lowest BCUT2D eigenvalue weighted by atomic mass is 10.1. The van der Waals surface area contributed by atoms with Gasteiger partial charge in [-0.3, -0.25) is 20.0 Å². The van der Waals surface area contributed by atoms with Crippen LogP contribution >= 0.6 is 0 Å². The highest BCUT2D eigenvalue weighted by Gasteiger charge is 2.36. The van der Waals surface area contributed by atoms with Crippen molar-refractivity contribution in [3.8, 4) is 0 Å². The number of hydrogen-bond acceptors (Lipinski definition) is 4. The Kier molecular flexibility index (Phi) is 5.12. The Morgan fingerprint density at radius 1 is 0.964 bits per heavy atom. The van der Waals surface area contributed by atoms with E-state index in [-0.39, 0.29) is 11.8 Å². The zero-order chi connectivity index (χ0) is 19.3. The second-order valence-corrected chi connectivity index (χ2v) is 6.56. The van der Waals surface area contributed by atoms with E-state index in [2.05, 4.69) is 15.8 Å². The van der Waals surface area contributed by atoms with Crippen LogP contribution in [0.2, 0.25) is 0 Å². The summed E-state index contributed by atoms with van der Waals surface area (Å²) in [6.45, 7) is 0.542. The SMILES string of the molecule is O=C(NN[C@@H]1c2ccccc2C(=O)N1CCc1ccccc1)c1ccncc1. The molecular formula is C22H20N4O2. The smallest absolute Gasteiger partial charge is 0.265 e. The highest BCUT2D eigenvalue weighted by molar-refractivity contribution is 5.99. The minimum Gasteiger partial charge on any atom is -0.317 e. The first-order valence-electron chi connectivity index (χ1n) is 9.14. The monoisotopic (exact) mass is 372 g/mol. The lowest BCUT2D eigenvalue weighted by Gasteiger charge is -2.26. The summed E-state index contributed by atoms with van der Waals surface area (Å²) in [6, 6.07) is 20.8. The second kappa shape index (κ2) is 8.02. The molecule has 0 aliphatic carbocycles. The molecule has 28 heavy (non-hydrogen) atoms. The van der Waals surface area contributed by atoms with Gasteiger partial charge in [-0.05, 0) is 30.2 Å². The average molecular weight is 372 g/mol. The van der Waals surface area contributed by atoms with Gasteiger partial charge in [0.05, 0.1) is 0 Å². The van der Waals surface area contributed by atoms with Crippen molar-refractivity contribution in [2.75, 3.05) is 6.54 Å². The Morgan fingerprint density at radius 2 is 1.68 bits per heavy atom. The fourth-order valence-electron chi connectivity index (χ4n) is 3.36. The molecule has 0 bridgehead atoms. The molecule has 2 N–H and O–H groups in total. The van der Waals surface area contributed by atoms with Gasteiger partial charge in [0, 0.05) is 35.6 Å². The van der Waals surface area contributed by atoms with Gasteiger partial charge in [-0.15, -0.1) is 0 Å². The van der Waals surface area contributed by atoms with Crippen molar-refractivity contribution in [1.82, 2.24) is 20.7 Å². The molecule has 4 rings (SSSR count). The molecule has 2 amide bonds. The molecule has 0 radical (unpaired) electrons. The van der Waals surface area contributed by atoms with Crippen LogP contribution in [0.25, 0.3) is 0 Å². The zero-order valence-corrected chi connectivity index (χ0v) is 15.2. The van der Waals surface area contributed by atoms with Gasteiger partial charge in [0.1, 0.15) is 6.17 Å². The molecule has 0 unspecified atom stereocenters. The van der Waals surface area contributed by atoms with E-state index in [4.69, 9.17) is 0 Å². The fraction of sp³-hybridized carbons (Fsp3) is 0.136. The molecule has 0 spiro atoms. The number of carbonyl (C=O) groups is 2. The van der Waals surface area contributed by atoms with Gasteiger partial charge in [-0.1, -0.05) is 48.5 Å². The molecular weight excluding hydrogens is 352 g/mol. The Hall–Kier alpha value is -3.51. The molecule has 1 atom stereocenters. The number of amides is 2. The van der Waals surface area contributed by atoms with Crippen molar-refractivity contribution in [2.24, 2.45) is 0 Å². The van der Waals surface area contributed by atoms with E-state index in [1.54, 1.807) is 29.4 Å². The predicted molar refractivity (Wildman–Crippen MR) is 105 cm³/mol. The number of aromatic nitrogens is 1. The molecule has 140 valence electrons. The fourth-order valence-corrected chi connectivity index (χ4v) is 3.36. The molecule has 2 heterocycles. The maximum atomic E-state index is 12.9. The summed E-state index contributed by atoms with van der Waals surface area (Å²) in [7, 11) is 0. The van der Waals surface area contributed by atoms with E-state index < -0.39 is 6.17 Å². The Morgan fingerprint density at radius 3 is 2.46 bits per heavy atom. The Labute approximate surface area is 163 Å². The van der Waals surface area contributed by atoms with Crippen LogP contribution in [0.4, 0.5) is 0 Å². The molecule has 2 aromatic carbocycles. The lowest BCUT2D eigenvalue weighted by Crippen LogP contribution is -2.46. The Bertz CT molecular complexity index is 976. The number of rotatable bonds is 6. The van der Waals surface area contributed by atoms with Gasteiger partial charge in [-0.25, -0.2) is 5.43 Å². The van der Waals surface area contributed by atoms with E-state index in [0.29, 0.717) is 17.7 Å². The number of carbonyl (C=O) groups excluding carboxylic acids is 2. The van der Waals surface area contributed by atoms with Crippen molar-refractivity contribution < 1.29 is 9.59 Å². The highest BCUT2D eigenvalue weighted by Crippen LogP contribution is 2.31. The van der Waals surface area contributed by atoms with Crippen molar-refractivity contribution in [3.05, 3.63) is 101 Å². The number of nitrogens with zero attached hydrogens (tertiary/aromatic N) is 2. The maximum Gasteiger partial charge on any atom is 0.265 e. The van der Waals surface area contributed by atoms with Crippen molar-refractivity contribution in [2.45, 2.75) is 12.6 Å². The van der Waals surface area contributed by atoms with Crippen molar-refractivity contribution >= 4 is 11.8 Å². The number of fused-ring (bicyclic) bond motifs is 1. The third-order valence-electron chi connectivity index (χ3n) is 4.81. The minimum atomic E-state index is -0.418. The number of pyridine rings is 1. The summed E-state index contributed by atoms with van der Waals surface area (Å²) in [5.41, 5.74) is 8.93. The summed E-state index contributed by atoms with van der Waals surface area (Å²) in [4.78, 5) is 31.0. The summed E-state index contributed by atoms with van der Waals surface area (Å²) in [6.07, 6.45) is 3.44. The Balaban J connectivity index is 1.51. The first-order valence-corrected chi connectivity index (χ1v) is 9.14. The van der Waals surface area contributed by atoms with E-state index in [1.165, 1.54) is 0 Å².